The highest BCUT2D eigenvalue weighted by atomic mass is 79.9. The van der Waals surface area contributed by atoms with E-state index in [0.717, 1.165) is 23.1 Å². The number of alkyl halides is 3. The molecule has 10 heteroatoms. The minimum absolute atomic E-state index is 0.0214. The molecule has 0 aliphatic carbocycles. The molecule has 6 nitrogen and oxygen atoms in total. The van der Waals surface area contributed by atoms with Crippen molar-refractivity contribution in [2.75, 3.05) is 4.90 Å². The second-order valence-corrected chi connectivity index (χ2v) is 7.27. The lowest BCUT2D eigenvalue weighted by molar-refractivity contribution is -0.137. The van der Waals surface area contributed by atoms with Crippen molar-refractivity contribution < 1.29 is 27.9 Å². The second kappa shape index (κ2) is 7.84. The summed E-state index contributed by atoms with van der Waals surface area (Å²) in [5.74, 6) is -1.34. The molecule has 1 unspecified atom stereocenters. The molecule has 1 aliphatic heterocycles. The number of nitrogens with one attached hydrogen (secondary N) is 1. The maximum atomic E-state index is 13.1. The first-order chi connectivity index (χ1) is 14.0. The molecule has 154 valence electrons. The number of allylic oxidation sites excluding steroid dienone is 1. The number of nitrogens with zero attached hydrogens (tertiary/aromatic N) is 2. The molecule has 0 spiro atoms. The fourth-order valence-corrected chi connectivity index (χ4v) is 3.82. The molecule has 0 fully saturated rings. The van der Waals surface area contributed by atoms with Gasteiger partial charge in [-0.05, 0) is 42.8 Å². The topological polar surface area (TPSA) is 93.4 Å². The van der Waals surface area contributed by atoms with Crippen molar-refractivity contribution in [2.45, 2.75) is 19.1 Å². The molecule has 2 aromatic rings. The Hall–Kier alpha value is -3.32. The monoisotopic (exact) mass is 479 g/mol. The van der Waals surface area contributed by atoms with Crippen molar-refractivity contribution in [3.05, 3.63) is 74.9 Å². The molecule has 0 aromatic heterocycles. The molecular weight excluding hydrogens is 467 g/mol. The number of carbonyl (C=O) groups is 2. The van der Waals surface area contributed by atoms with E-state index in [2.05, 4.69) is 21.2 Å². The van der Waals surface area contributed by atoms with Crippen molar-refractivity contribution in [2.24, 2.45) is 0 Å². The molecule has 0 radical (unpaired) electrons. The van der Waals surface area contributed by atoms with E-state index in [1.165, 1.54) is 31.2 Å². The van der Waals surface area contributed by atoms with Gasteiger partial charge >= 0.3 is 18.2 Å². The summed E-state index contributed by atoms with van der Waals surface area (Å²) in [6.07, 6.45) is -4.62. The van der Waals surface area contributed by atoms with Crippen molar-refractivity contribution >= 4 is 33.6 Å². The van der Waals surface area contributed by atoms with Crippen LogP contribution < -0.4 is 10.2 Å². The molecule has 2 aromatic carbocycles. The van der Waals surface area contributed by atoms with Gasteiger partial charge in [0.05, 0.1) is 34.5 Å². The average molecular weight is 480 g/mol. The number of rotatable bonds is 3. The summed E-state index contributed by atoms with van der Waals surface area (Å²) in [5, 5.41) is 21.3. The van der Waals surface area contributed by atoms with Crippen molar-refractivity contribution in [1.82, 2.24) is 5.32 Å². The standard InChI is InChI=1S/C20H13BrF3N3O3/c1-10-16(18(28)29)17(14-6-5-11(9-25)7-15(14)21)26-19(30)27(10)13-4-2-3-12(8-13)20(22,23)24/h2-8,17H,1H3,(H,26,30)(H,28,29). The van der Waals surface area contributed by atoms with Gasteiger partial charge in [0.1, 0.15) is 0 Å². The highest BCUT2D eigenvalue weighted by molar-refractivity contribution is 9.10. The normalized spacial score (nSPS) is 16.9. The number of hydrogen-bond acceptors (Lipinski definition) is 3. The number of carboxylic acids is 1. The van der Waals surface area contributed by atoms with Crippen LogP contribution in [0.25, 0.3) is 0 Å². The number of halogens is 4. The zero-order valence-electron chi connectivity index (χ0n) is 15.3. The number of benzene rings is 2. The number of nitriles is 1. The van der Waals surface area contributed by atoms with Crippen LogP contribution in [0.4, 0.5) is 23.7 Å². The third-order valence-corrected chi connectivity index (χ3v) is 5.27. The zero-order valence-corrected chi connectivity index (χ0v) is 16.9. The first kappa shape index (κ1) is 21.4. The van der Waals surface area contributed by atoms with Crippen LogP contribution in [-0.2, 0) is 11.0 Å². The van der Waals surface area contributed by atoms with Crippen LogP contribution in [-0.4, -0.2) is 17.1 Å². The number of amides is 2. The molecule has 0 saturated heterocycles. The second-order valence-electron chi connectivity index (χ2n) is 6.42. The molecular formula is C20H13BrF3N3O3. The molecule has 2 amide bonds. The number of hydrogen-bond donors (Lipinski definition) is 2. The Morgan fingerprint density at radius 3 is 2.53 bits per heavy atom. The predicted octanol–water partition coefficient (Wildman–Crippen LogP) is 4.97. The smallest absolute Gasteiger partial charge is 0.416 e. The number of anilines is 1. The van der Waals surface area contributed by atoms with Gasteiger partial charge in [0.2, 0.25) is 0 Å². The Labute approximate surface area is 177 Å². The Kier molecular flexibility index (Phi) is 5.59. The van der Waals surface area contributed by atoms with Crippen molar-refractivity contribution in [3.63, 3.8) is 0 Å². The van der Waals surface area contributed by atoms with Crippen LogP contribution in [0.1, 0.15) is 29.7 Å². The fraction of sp³-hybridized carbons (Fsp3) is 0.150. The highest BCUT2D eigenvalue weighted by Crippen LogP contribution is 2.38. The SMILES string of the molecule is CC1=C(C(=O)O)C(c2ccc(C#N)cc2Br)NC(=O)N1c1cccc(C(F)(F)F)c1. The summed E-state index contributed by atoms with van der Waals surface area (Å²) in [6, 6.07) is 8.62. The van der Waals surface area contributed by atoms with E-state index in [0.29, 0.717) is 15.6 Å². The average Bonchev–Trinajstić information content (AvgIpc) is 2.66. The maximum absolute atomic E-state index is 13.1. The van der Waals surface area contributed by atoms with Gasteiger partial charge in [-0.25, -0.2) is 9.59 Å². The van der Waals surface area contributed by atoms with E-state index >= 15 is 0 Å². The number of aliphatic carboxylic acids is 1. The summed E-state index contributed by atoms with van der Waals surface area (Å²) < 4.78 is 39.6. The molecule has 3 rings (SSSR count). The van der Waals surface area contributed by atoms with E-state index in [9.17, 15) is 27.9 Å². The minimum atomic E-state index is -4.62. The summed E-state index contributed by atoms with van der Waals surface area (Å²) in [6.45, 7) is 1.35. The highest BCUT2D eigenvalue weighted by Gasteiger charge is 2.38. The Bertz CT molecular complexity index is 1120. The minimum Gasteiger partial charge on any atom is -0.478 e. The van der Waals surface area contributed by atoms with Gasteiger partial charge < -0.3 is 10.4 Å². The molecule has 2 N–H and O–H groups in total. The molecule has 0 saturated carbocycles. The van der Waals surface area contributed by atoms with Crippen LogP contribution in [0.3, 0.4) is 0 Å². The van der Waals surface area contributed by atoms with Gasteiger partial charge in [-0.1, -0.05) is 28.1 Å². The first-order valence-corrected chi connectivity index (χ1v) is 9.25. The number of carbonyl (C=O) groups excluding carboxylic acids is 1. The van der Waals surface area contributed by atoms with Crippen molar-refractivity contribution in [3.8, 4) is 6.07 Å². The Morgan fingerprint density at radius 2 is 1.97 bits per heavy atom. The van der Waals surface area contributed by atoms with E-state index < -0.39 is 29.8 Å². The fourth-order valence-electron chi connectivity index (χ4n) is 3.22. The van der Waals surface area contributed by atoms with E-state index in [-0.39, 0.29) is 17.0 Å². The number of urea groups is 1. The molecule has 1 aliphatic rings. The maximum Gasteiger partial charge on any atom is 0.416 e. The predicted molar refractivity (Wildman–Crippen MR) is 104 cm³/mol. The summed E-state index contributed by atoms with van der Waals surface area (Å²) in [5.41, 5.74) is -0.590. The van der Waals surface area contributed by atoms with E-state index in [1.54, 1.807) is 0 Å². The van der Waals surface area contributed by atoms with Gasteiger partial charge in [-0.15, -0.1) is 0 Å². The molecule has 1 heterocycles. The van der Waals surface area contributed by atoms with E-state index in [1.807, 2.05) is 6.07 Å². The lowest BCUT2D eigenvalue weighted by Crippen LogP contribution is -2.48. The van der Waals surface area contributed by atoms with E-state index in [4.69, 9.17) is 5.26 Å². The zero-order chi connectivity index (χ0) is 22.2. The molecule has 1 atom stereocenters. The van der Waals surface area contributed by atoms with Gasteiger partial charge in [0.25, 0.3) is 0 Å². The molecule has 30 heavy (non-hydrogen) atoms. The van der Waals surface area contributed by atoms with Gasteiger partial charge in [-0.2, -0.15) is 18.4 Å². The van der Waals surface area contributed by atoms with Crippen LogP contribution in [0, 0.1) is 11.3 Å². The molecule has 0 bridgehead atoms. The summed E-state index contributed by atoms with van der Waals surface area (Å²) in [4.78, 5) is 25.7. The summed E-state index contributed by atoms with van der Waals surface area (Å²) in [7, 11) is 0. The van der Waals surface area contributed by atoms with Gasteiger partial charge in [-0.3, -0.25) is 4.90 Å². The third kappa shape index (κ3) is 3.89. The van der Waals surface area contributed by atoms with Gasteiger partial charge in [0.15, 0.2) is 0 Å². The lowest BCUT2D eigenvalue weighted by atomic mass is 9.94. The quantitative estimate of drug-likeness (QED) is 0.649. The lowest BCUT2D eigenvalue weighted by Gasteiger charge is -2.35. The van der Waals surface area contributed by atoms with Crippen LogP contribution >= 0.6 is 15.9 Å². The van der Waals surface area contributed by atoms with Gasteiger partial charge in [0, 0.05) is 10.2 Å². The van der Waals surface area contributed by atoms with Crippen LogP contribution in [0.5, 0.6) is 0 Å². The van der Waals surface area contributed by atoms with Crippen LogP contribution in [0.15, 0.2) is 58.2 Å². The van der Waals surface area contributed by atoms with Crippen molar-refractivity contribution in [1.29, 1.82) is 5.26 Å². The number of carboxylic acid groups (broad SMARTS) is 1. The Balaban J connectivity index is 2.14. The summed E-state index contributed by atoms with van der Waals surface area (Å²) >= 11 is 3.27. The largest absolute Gasteiger partial charge is 0.478 e. The van der Waals surface area contributed by atoms with Crippen LogP contribution in [0.2, 0.25) is 0 Å². The third-order valence-electron chi connectivity index (χ3n) is 4.59. The Morgan fingerprint density at radius 1 is 1.27 bits per heavy atom. The first-order valence-electron chi connectivity index (χ1n) is 8.46.